The van der Waals surface area contributed by atoms with E-state index >= 15 is 0 Å². The van der Waals surface area contributed by atoms with Crippen LogP contribution >= 0.6 is 0 Å². The highest BCUT2D eigenvalue weighted by atomic mass is 16.4. The Kier molecular flexibility index (Phi) is 5.30. The first-order valence-corrected chi connectivity index (χ1v) is 9.23. The molecule has 0 radical (unpaired) electrons. The molecule has 2 aliphatic rings. The minimum Gasteiger partial charge on any atom is -0.481 e. The van der Waals surface area contributed by atoms with Crippen LogP contribution in [0.1, 0.15) is 38.2 Å². The first-order valence-electron chi connectivity index (χ1n) is 9.23. The quantitative estimate of drug-likeness (QED) is 0.845. The van der Waals surface area contributed by atoms with Crippen LogP contribution in [0, 0.1) is 11.3 Å². The van der Waals surface area contributed by atoms with Gasteiger partial charge in [-0.05, 0) is 24.3 Å². The lowest BCUT2D eigenvalue weighted by Crippen LogP contribution is -2.38. The van der Waals surface area contributed by atoms with Crippen molar-refractivity contribution in [1.82, 2.24) is 9.80 Å². The maximum absolute atomic E-state index is 12.6. The summed E-state index contributed by atoms with van der Waals surface area (Å²) < 4.78 is 0. The molecule has 1 N–H and O–H groups in total. The van der Waals surface area contributed by atoms with Crippen LogP contribution in [0.4, 0.5) is 0 Å². The zero-order valence-electron chi connectivity index (χ0n) is 15.2. The van der Waals surface area contributed by atoms with Crippen molar-refractivity contribution in [2.75, 3.05) is 19.6 Å². The van der Waals surface area contributed by atoms with Crippen LogP contribution in [-0.4, -0.2) is 52.3 Å². The molecule has 1 aromatic rings. The molecule has 1 aromatic carbocycles. The molecule has 3 rings (SSSR count). The summed E-state index contributed by atoms with van der Waals surface area (Å²) in [4.78, 5) is 39.6. The minimum atomic E-state index is -0.773. The third kappa shape index (κ3) is 3.59. The van der Waals surface area contributed by atoms with Gasteiger partial charge < -0.3 is 14.9 Å². The molecule has 1 heterocycles. The fourth-order valence-electron chi connectivity index (χ4n) is 4.37. The molecule has 2 atom stereocenters. The normalized spacial score (nSPS) is 24.3. The van der Waals surface area contributed by atoms with Gasteiger partial charge in [-0.3, -0.25) is 14.4 Å². The van der Waals surface area contributed by atoms with Crippen molar-refractivity contribution in [3.8, 4) is 0 Å². The Morgan fingerprint density at radius 3 is 2.62 bits per heavy atom. The van der Waals surface area contributed by atoms with Crippen LogP contribution in [-0.2, 0) is 20.9 Å². The summed E-state index contributed by atoms with van der Waals surface area (Å²) in [6.45, 7) is 3.18. The van der Waals surface area contributed by atoms with Crippen LogP contribution < -0.4 is 0 Å². The molecular formula is C20H26N2O4. The van der Waals surface area contributed by atoms with Gasteiger partial charge in [-0.2, -0.15) is 0 Å². The second-order valence-corrected chi connectivity index (χ2v) is 7.50. The number of carboxylic acids is 1. The molecule has 26 heavy (non-hydrogen) atoms. The Balaban J connectivity index is 1.58. The van der Waals surface area contributed by atoms with Gasteiger partial charge in [-0.1, -0.05) is 36.8 Å². The van der Waals surface area contributed by atoms with Gasteiger partial charge in [0.1, 0.15) is 0 Å². The van der Waals surface area contributed by atoms with E-state index in [-0.39, 0.29) is 24.2 Å². The first kappa shape index (κ1) is 18.4. The molecule has 2 amide bonds. The Morgan fingerprint density at radius 2 is 2.00 bits per heavy atom. The standard InChI is InChI=1S/C20H26N2O4/c1-15(23)21(12-16-6-3-2-4-7-16)11-9-18(24)22-13-17-8-5-10-20(17,14-22)19(25)26/h2-4,6-7,17H,5,8-14H2,1H3,(H,25,26)/t17-,20+/m0/s1. The van der Waals surface area contributed by atoms with E-state index in [1.807, 2.05) is 30.3 Å². The zero-order valence-corrected chi connectivity index (χ0v) is 15.2. The maximum atomic E-state index is 12.6. The van der Waals surface area contributed by atoms with Crippen molar-refractivity contribution in [3.05, 3.63) is 35.9 Å². The van der Waals surface area contributed by atoms with E-state index in [4.69, 9.17) is 0 Å². The van der Waals surface area contributed by atoms with Gasteiger partial charge in [0.2, 0.25) is 11.8 Å². The predicted octanol–water partition coefficient (Wildman–Crippen LogP) is 2.14. The number of carboxylic acid groups (broad SMARTS) is 1. The van der Waals surface area contributed by atoms with Gasteiger partial charge >= 0.3 is 5.97 Å². The molecule has 140 valence electrons. The number of hydrogen-bond donors (Lipinski definition) is 1. The Bertz CT molecular complexity index is 690. The lowest BCUT2D eigenvalue weighted by molar-refractivity contribution is -0.149. The fourth-order valence-corrected chi connectivity index (χ4v) is 4.37. The number of hydrogen-bond acceptors (Lipinski definition) is 3. The van der Waals surface area contributed by atoms with E-state index < -0.39 is 11.4 Å². The van der Waals surface area contributed by atoms with E-state index in [9.17, 15) is 19.5 Å². The minimum absolute atomic E-state index is 0.0562. The molecule has 0 aromatic heterocycles. The fraction of sp³-hybridized carbons (Fsp3) is 0.550. The van der Waals surface area contributed by atoms with Crippen LogP contribution in [0.5, 0.6) is 0 Å². The van der Waals surface area contributed by atoms with E-state index in [0.717, 1.165) is 18.4 Å². The number of likely N-dealkylation sites (tertiary alicyclic amines) is 1. The summed E-state index contributed by atoms with van der Waals surface area (Å²) in [6.07, 6.45) is 2.69. The Hall–Kier alpha value is -2.37. The molecular weight excluding hydrogens is 332 g/mol. The largest absolute Gasteiger partial charge is 0.481 e. The molecule has 1 aliphatic carbocycles. The van der Waals surface area contributed by atoms with Crippen molar-refractivity contribution < 1.29 is 19.5 Å². The maximum Gasteiger partial charge on any atom is 0.311 e. The third-order valence-electron chi connectivity index (χ3n) is 5.91. The topological polar surface area (TPSA) is 77.9 Å². The number of fused-ring (bicyclic) bond motifs is 1. The van der Waals surface area contributed by atoms with Crippen LogP contribution in [0.25, 0.3) is 0 Å². The van der Waals surface area contributed by atoms with Gasteiger partial charge in [0.25, 0.3) is 0 Å². The molecule has 6 heteroatoms. The number of carbonyl (C=O) groups excluding carboxylic acids is 2. The van der Waals surface area contributed by atoms with E-state index in [1.165, 1.54) is 6.92 Å². The highest BCUT2D eigenvalue weighted by molar-refractivity contribution is 5.82. The van der Waals surface area contributed by atoms with Crippen molar-refractivity contribution in [3.63, 3.8) is 0 Å². The van der Waals surface area contributed by atoms with E-state index in [2.05, 4.69) is 0 Å². The Morgan fingerprint density at radius 1 is 1.27 bits per heavy atom. The van der Waals surface area contributed by atoms with Crippen LogP contribution in [0.15, 0.2) is 30.3 Å². The number of nitrogens with zero attached hydrogens (tertiary/aromatic N) is 2. The number of rotatable bonds is 6. The summed E-state index contributed by atoms with van der Waals surface area (Å²) in [6, 6.07) is 9.68. The van der Waals surface area contributed by atoms with Crippen molar-refractivity contribution in [1.29, 1.82) is 0 Å². The molecule has 1 saturated carbocycles. The van der Waals surface area contributed by atoms with Crippen molar-refractivity contribution >= 4 is 17.8 Å². The Labute approximate surface area is 153 Å². The van der Waals surface area contributed by atoms with Gasteiger partial charge in [0.15, 0.2) is 0 Å². The summed E-state index contributed by atoms with van der Waals surface area (Å²) in [5.74, 6) is -0.830. The van der Waals surface area contributed by atoms with Gasteiger partial charge in [0, 0.05) is 39.5 Å². The lowest BCUT2D eigenvalue weighted by Gasteiger charge is -2.25. The summed E-state index contributed by atoms with van der Waals surface area (Å²) in [5.41, 5.74) is 0.274. The highest BCUT2D eigenvalue weighted by Gasteiger charge is 2.55. The van der Waals surface area contributed by atoms with Gasteiger partial charge in [-0.25, -0.2) is 0 Å². The third-order valence-corrected chi connectivity index (χ3v) is 5.91. The lowest BCUT2D eigenvalue weighted by atomic mass is 9.81. The monoisotopic (exact) mass is 358 g/mol. The smallest absolute Gasteiger partial charge is 0.311 e. The summed E-state index contributed by atoms with van der Waals surface area (Å²) in [5, 5.41) is 9.64. The second kappa shape index (κ2) is 7.48. The molecule has 1 saturated heterocycles. The SMILES string of the molecule is CC(=O)N(CCC(=O)N1C[C@@H]2CCC[C@@]2(C(=O)O)C1)Cc1ccccc1. The van der Waals surface area contributed by atoms with Gasteiger partial charge in [-0.15, -0.1) is 0 Å². The van der Waals surface area contributed by atoms with Crippen LogP contribution in [0.2, 0.25) is 0 Å². The predicted molar refractivity (Wildman–Crippen MR) is 96.1 cm³/mol. The first-order chi connectivity index (χ1) is 12.4. The summed E-state index contributed by atoms with van der Waals surface area (Å²) in [7, 11) is 0. The average molecular weight is 358 g/mol. The molecule has 1 aliphatic heterocycles. The highest BCUT2D eigenvalue weighted by Crippen LogP contribution is 2.48. The van der Waals surface area contributed by atoms with E-state index in [1.54, 1.807) is 9.80 Å². The van der Waals surface area contributed by atoms with Crippen molar-refractivity contribution in [2.24, 2.45) is 11.3 Å². The molecule has 0 spiro atoms. The molecule has 6 nitrogen and oxygen atoms in total. The molecule has 2 fully saturated rings. The number of amides is 2. The number of benzene rings is 1. The van der Waals surface area contributed by atoms with Crippen molar-refractivity contribution in [2.45, 2.75) is 39.2 Å². The average Bonchev–Trinajstić information content (AvgIpc) is 3.17. The second-order valence-electron chi connectivity index (χ2n) is 7.50. The number of carbonyl (C=O) groups is 3. The van der Waals surface area contributed by atoms with Crippen LogP contribution in [0.3, 0.4) is 0 Å². The zero-order chi connectivity index (χ0) is 18.7. The van der Waals surface area contributed by atoms with E-state index in [0.29, 0.717) is 32.6 Å². The summed E-state index contributed by atoms with van der Waals surface area (Å²) >= 11 is 0. The molecule has 0 bridgehead atoms. The van der Waals surface area contributed by atoms with Gasteiger partial charge in [0.05, 0.1) is 5.41 Å². The number of aliphatic carboxylic acids is 1. The molecule has 0 unspecified atom stereocenters.